The van der Waals surface area contributed by atoms with E-state index in [-0.39, 0.29) is 37.5 Å². The van der Waals surface area contributed by atoms with Gasteiger partial charge in [0.1, 0.15) is 13.2 Å². The summed E-state index contributed by atoms with van der Waals surface area (Å²) in [6, 6.07) is 0. The van der Waals surface area contributed by atoms with E-state index in [0.717, 1.165) is 116 Å². The van der Waals surface area contributed by atoms with Crippen molar-refractivity contribution < 1.29 is 28.6 Å². The molecule has 0 amide bonds. The third kappa shape index (κ3) is 56.9. The Kier molecular flexibility index (Phi) is 55.4. The van der Waals surface area contributed by atoms with Crippen molar-refractivity contribution in [3.05, 3.63) is 109 Å². The maximum atomic E-state index is 12.9. The summed E-state index contributed by atoms with van der Waals surface area (Å²) in [4.78, 5) is 38.2. The van der Waals surface area contributed by atoms with E-state index in [1.807, 2.05) is 6.08 Å². The van der Waals surface area contributed by atoms with E-state index in [2.05, 4.69) is 124 Å². The van der Waals surface area contributed by atoms with Crippen LogP contribution in [-0.4, -0.2) is 37.2 Å². The standard InChI is InChI=1S/C65H108O6/c1-4-7-10-13-16-19-22-25-28-30-32-34-37-40-43-46-49-52-55-58-64(67)70-61-62(60-69-63(66)57-54-51-48-45-42-39-36-27-24-21-18-15-12-9-6-3)71-65(68)59-56-53-50-47-44-41-38-35-33-31-29-26-23-20-17-14-11-8-5-2/h7,9-10,12,16,18-19,21,25,27-28,32,34,36,40,43,49,52,62H,4-6,8,11,13-15,17,20,22-24,26,29-31,33,35,37-39,41-42,44-48,50-51,53-61H2,1-3H3/b10-7-,12-9-,19-16-,21-18-,28-25-,34-32-,36-27-,43-40-,52-49-/t62-/m0/s1. The van der Waals surface area contributed by atoms with Crippen LogP contribution >= 0.6 is 0 Å². The predicted octanol–water partition coefficient (Wildman–Crippen LogP) is 19.9. The summed E-state index contributed by atoms with van der Waals surface area (Å²) < 4.78 is 16.8. The topological polar surface area (TPSA) is 78.9 Å². The molecule has 0 unspecified atom stereocenters. The first-order chi connectivity index (χ1) is 35.0. The molecule has 0 aliphatic heterocycles. The molecule has 404 valence electrons. The molecule has 0 fully saturated rings. The number of hydrogen-bond acceptors (Lipinski definition) is 6. The number of rotatable bonds is 52. The molecule has 0 saturated heterocycles. The van der Waals surface area contributed by atoms with E-state index < -0.39 is 6.10 Å². The summed E-state index contributed by atoms with van der Waals surface area (Å²) >= 11 is 0. The Morgan fingerprint density at radius 3 is 0.944 bits per heavy atom. The molecule has 71 heavy (non-hydrogen) atoms. The van der Waals surface area contributed by atoms with Crippen LogP contribution in [0.1, 0.15) is 265 Å². The first kappa shape index (κ1) is 67.1. The van der Waals surface area contributed by atoms with Crippen LogP contribution in [-0.2, 0) is 28.6 Å². The van der Waals surface area contributed by atoms with Gasteiger partial charge in [-0.15, -0.1) is 0 Å². The number of carbonyl (C=O) groups is 3. The van der Waals surface area contributed by atoms with Gasteiger partial charge in [0.15, 0.2) is 6.10 Å². The van der Waals surface area contributed by atoms with E-state index in [0.29, 0.717) is 19.3 Å². The van der Waals surface area contributed by atoms with Crippen LogP contribution in [0.25, 0.3) is 0 Å². The molecule has 6 nitrogen and oxygen atoms in total. The number of unbranched alkanes of at least 4 members (excludes halogenated alkanes) is 23. The normalized spacial score (nSPS) is 12.9. The van der Waals surface area contributed by atoms with Crippen molar-refractivity contribution in [3.63, 3.8) is 0 Å². The zero-order valence-corrected chi connectivity index (χ0v) is 46.2. The molecule has 0 spiro atoms. The second kappa shape index (κ2) is 58.6. The van der Waals surface area contributed by atoms with Gasteiger partial charge < -0.3 is 14.2 Å². The minimum Gasteiger partial charge on any atom is -0.462 e. The molecule has 0 bridgehead atoms. The minimum atomic E-state index is -0.817. The van der Waals surface area contributed by atoms with Gasteiger partial charge in [0.2, 0.25) is 0 Å². The number of allylic oxidation sites excluding steroid dienone is 18. The minimum absolute atomic E-state index is 0.110. The molecule has 0 rings (SSSR count). The monoisotopic (exact) mass is 985 g/mol. The third-order valence-electron chi connectivity index (χ3n) is 12.3. The van der Waals surface area contributed by atoms with Gasteiger partial charge in [-0.25, -0.2) is 0 Å². The van der Waals surface area contributed by atoms with Crippen molar-refractivity contribution in [1.29, 1.82) is 0 Å². The number of hydrogen-bond donors (Lipinski definition) is 0. The SMILES string of the molecule is CC/C=C\C/C=C\C/C=C\C/C=C\C/C=C\C/C=C\CCC(=O)OC[C@H](COC(=O)CCCCCCC/C=C\C/C=C\C/C=C\CC)OC(=O)CCCCCCCCCCCCCCCCCCCCC. The highest BCUT2D eigenvalue weighted by Crippen LogP contribution is 2.16. The first-order valence-electron chi connectivity index (χ1n) is 29.4. The van der Waals surface area contributed by atoms with Crippen molar-refractivity contribution >= 4 is 17.9 Å². The van der Waals surface area contributed by atoms with E-state index in [1.165, 1.54) is 103 Å². The van der Waals surface area contributed by atoms with Crippen molar-refractivity contribution in [3.8, 4) is 0 Å². The van der Waals surface area contributed by atoms with Gasteiger partial charge in [-0.2, -0.15) is 0 Å². The molecule has 0 heterocycles. The Balaban J connectivity index is 4.50. The lowest BCUT2D eigenvalue weighted by Gasteiger charge is -2.18. The quantitative estimate of drug-likeness (QED) is 0.0261. The predicted molar refractivity (Wildman–Crippen MR) is 307 cm³/mol. The van der Waals surface area contributed by atoms with Gasteiger partial charge in [-0.3, -0.25) is 14.4 Å². The summed E-state index contributed by atoms with van der Waals surface area (Å²) in [6.07, 6.45) is 79.5. The van der Waals surface area contributed by atoms with Crippen LogP contribution in [0.4, 0.5) is 0 Å². The van der Waals surface area contributed by atoms with E-state index in [4.69, 9.17) is 14.2 Å². The second-order valence-electron chi connectivity index (χ2n) is 19.1. The Bertz CT molecular complexity index is 1460. The van der Waals surface area contributed by atoms with Gasteiger partial charge in [0.25, 0.3) is 0 Å². The van der Waals surface area contributed by atoms with Crippen LogP contribution < -0.4 is 0 Å². The Morgan fingerprint density at radius 2 is 0.577 bits per heavy atom. The van der Waals surface area contributed by atoms with Crippen molar-refractivity contribution in [2.45, 2.75) is 271 Å². The van der Waals surface area contributed by atoms with Crippen LogP contribution in [0.5, 0.6) is 0 Å². The van der Waals surface area contributed by atoms with Gasteiger partial charge in [0.05, 0.1) is 0 Å². The van der Waals surface area contributed by atoms with Crippen LogP contribution in [0.3, 0.4) is 0 Å². The number of carbonyl (C=O) groups excluding carboxylic acids is 3. The number of ether oxygens (including phenoxy) is 3. The Labute approximate surface area is 438 Å². The lowest BCUT2D eigenvalue weighted by Crippen LogP contribution is -2.30. The smallest absolute Gasteiger partial charge is 0.306 e. The fourth-order valence-electron chi connectivity index (χ4n) is 7.95. The molecular formula is C65H108O6. The molecule has 0 N–H and O–H groups in total. The first-order valence-corrected chi connectivity index (χ1v) is 29.4. The third-order valence-corrected chi connectivity index (χ3v) is 12.3. The fourth-order valence-corrected chi connectivity index (χ4v) is 7.95. The molecule has 0 aromatic rings. The van der Waals surface area contributed by atoms with Crippen molar-refractivity contribution in [2.24, 2.45) is 0 Å². The van der Waals surface area contributed by atoms with E-state index >= 15 is 0 Å². The zero-order chi connectivity index (χ0) is 51.4. The van der Waals surface area contributed by atoms with Gasteiger partial charge in [-0.1, -0.05) is 265 Å². The Morgan fingerprint density at radius 1 is 0.296 bits per heavy atom. The fraction of sp³-hybridized carbons (Fsp3) is 0.677. The molecule has 0 radical (unpaired) electrons. The highest BCUT2D eigenvalue weighted by Gasteiger charge is 2.19. The van der Waals surface area contributed by atoms with Crippen LogP contribution in [0.2, 0.25) is 0 Å². The van der Waals surface area contributed by atoms with Gasteiger partial charge in [-0.05, 0) is 89.9 Å². The molecule has 0 aromatic carbocycles. The second-order valence-corrected chi connectivity index (χ2v) is 19.1. The van der Waals surface area contributed by atoms with Crippen molar-refractivity contribution in [1.82, 2.24) is 0 Å². The van der Waals surface area contributed by atoms with Crippen LogP contribution in [0.15, 0.2) is 109 Å². The molecule has 0 aliphatic carbocycles. The molecule has 0 aromatic heterocycles. The molecular weight excluding hydrogens is 877 g/mol. The summed E-state index contributed by atoms with van der Waals surface area (Å²) in [6.45, 7) is 6.35. The largest absolute Gasteiger partial charge is 0.462 e. The van der Waals surface area contributed by atoms with E-state index in [9.17, 15) is 14.4 Å². The van der Waals surface area contributed by atoms with Gasteiger partial charge >= 0.3 is 17.9 Å². The van der Waals surface area contributed by atoms with E-state index in [1.54, 1.807) is 0 Å². The maximum Gasteiger partial charge on any atom is 0.306 e. The lowest BCUT2D eigenvalue weighted by molar-refractivity contribution is -0.166. The summed E-state index contributed by atoms with van der Waals surface area (Å²) in [7, 11) is 0. The summed E-state index contributed by atoms with van der Waals surface area (Å²) in [5.74, 6) is -1.01. The average molecular weight is 986 g/mol. The summed E-state index contributed by atoms with van der Waals surface area (Å²) in [5.41, 5.74) is 0. The molecule has 1 atom stereocenters. The number of esters is 3. The summed E-state index contributed by atoms with van der Waals surface area (Å²) in [5, 5.41) is 0. The molecule has 0 aliphatic rings. The van der Waals surface area contributed by atoms with Crippen LogP contribution in [0, 0.1) is 0 Å². The van der Waals surface area contributed by atoms with Gasteiger partial charge in [0, 0.05) is 19.3 Å². The van der Waals surface area contributed by atoms with Crippen molar-refractivity contribution in [2.75, 3.05) is 13.2 Å². The lowest BCUT2D eigenvalue weighted by atomic mass is 10.0. The zero-order valence-electron chi connectivity index (χ0n) is 46.2. The highest BCUT2D eigenvalue weighted by atomic mass is 16.6. The molecule has 0 saturated carbocycles. The Hall–Kier alpha value is -3.93. The maximum absolute atomic E-state index is 12.9. The molecule has 6 heteroatoms. The average Bonchev–Trinajstić information content (AvgIpc) is 3.37. The highest BCUT2D eigenvalue weighted by molar-refractivity contribution is 5.71.